The van der Waals surface area contributed by atoms with Gasteiger partial charge in [0, 0.05) is 43.6 Å². The van der Waals surface area contributed by atoms with Crippen molar-refractivity contribution >= 4 is 34.6 Å². The number of hydrogen-bond acceptors (Lipinski definition) is 5. The molecule has 6 nitrogen and oxygen atoms in total. The molecule has 4 N–H and O–H groups in total. The standard InChI is InChI=1S/C21H22F3N5OS/c1-29-12-14(10-21(22,23)24)18(27-11-13-7-8-26-16(25)9-13)17(20(29)30)19(31)28-15-5-3-2-4-6-15/h2-9,14,27H,10-12H2,1H3,(H2,25,26)(H,28,31). The summed E-state index contributed by atoms with van der Waals surface area (Å²) in [7, 11) is 1.47. The Morgan fingerprint density at radius 3 is 2.65 bits per heavy atom. The third kappa shape index (κ3) is 5.94. The molecule has 3 rings (SSSR count). The van der Waals surface area contributed by atoms with Gasteiger partial charge in [-0.1, -0.05) is 30.4 Å². The first-order valence-electron chi connectivity index (χ1n) is 9.51. The Morgan fingerprint density at radius 2 is 2.00 bits per heavy atom. The van der Waals surface area contributed by atoms with E-state index in [-0.39, 0.29) is 29.3 Å². The molecule has 0 saturated carbocycles. The number of nitrogen functional groups attached to an aromatic ring is 1. The number of halogens is 3. The van der Waals surface area contributed by atoms with Gasteiger partial charge >= 0.3 is 6.18 Å². The molecular weight excluding hydrogens is 427 g/mol. The molecule has 1 atom stereocenters. The van der Waals surface area contributed by atoms with Gasteiger partial charge in [-0.2, -0.15) is 13.2 Å². The van der Waals surface area contributed by atoms with E-state index >= 15 is 0 Å². The number of aromatic nitrogens is 1. The van der Waals surface area contributed by atoms with Crippen LogP contribution in [0.4, 0.5) is 24.7 Å². The van der Waals surface area contributed by atoms with E-state index in [2.05, 4.69) is 15.6 Å². The molecule has 1 aromatic carbocycles. The third-order valence-corrected chi connectivity index (χ3v) is 5.10. The highest BCUT2D eigenvalue weighted by molar-refractivity contribution is 7.81. The number of rotatable bonds is 6. The molecule has 0 bridgehead atoms. The van der Waals surface area contributed by atoms with Crippen LogP contribution >= 0.6 is 12.2 Å². The Labute approximate surface area is 183 Å². The van der Waals surface area contributed by atoms with Gasteiger partial charge in [0.15, 0.2) is 0 Å². The molecule has 2 aromatic rings. The SMILES string of the molecule is CN1CC(CC(F)(F)F)C(NCc2ccnc(N)c2)=C(C(=S)Nc2ccccc2)C1=O. The van der Waals surface area contributed by atoms with Gasteiger partial charge in [-0.25, -0.2) is 4.98 Å². The zero-order valence-corrected chi connectivity index (χ0v) is 17.6. The normalized spacial score (nSPS) is 17.0. The summed E-state index contributed by atoms with van der Waals surface area (Å²) in [4.78, 5) is 18.2. The lowest BCUT2D eigenvalue weighted by Crippen LogP contribution is -2.46. The zero-order chi connectivity index (χ0) is 22.6. The molecule has 1 aliphatic rings. The molecule has 1 aromatic heterocycles. The second-order valence-electron chi connectivity index (χ2n) is 7.25. The van der Waals surface area contributed by atoms with E-state index in [4.69, 9.17) is 18.0 Å². The first kappa shape index (κ1) is 22.5. The van der Waals surface area contributed by atoms with Gasteiger partial charge in [0.2, 0.25) is 0 Å². The Bertz CT molecular complexity index is 994. The van der Waals surface area contributed by atoms with Gasteiger partial charge < -0.3 is 21.3 Å². The van der Waals surface area contributed by atoms with E-state index < -0.39 is 24.4 Å². The summed E-state index contributed by atoms with van der Waals surface area (Å²) in [6.45, 7) is 0.0987. The van der Waals surface area contributed by atoms with Crippen LogP contribution in [0.1, 0.15) is 12.0 Å². The van der Waals surface area contributed by atoms with Crippen LogP contribution in [0.5, 0.6) is 0 Å². The molecule has 10 heteroatoms. The lowest BCUT2D eigenvalue weighted by atomic mass is 9.91. The van der Waals surface area contributed by atoms with Crippen LogP contribution in [0.15, 0.2) is 59.9 Å². The first-order chi connectivity index (χ1) is 14.6. The van der Waals surface area contributed by atoms with Crippen molar-refractivity contribution in [2.45, 2.75) is 19.1 Å². The Balaban J connectivity index is 1.97. The van der Waals surface area contributed by atoms with Crippen molar-refractivity contribution < 1.29 is 18.0 Å². The molecule has 0 fully saturated rings. The highest BCUT2D eigenvalue weighted by Gasteiger charge is 2.40. The van der Waals surface area contributed by atoms with Gasteiger partial charge in [0.1, 0.15) is 10.8 Å². The molecule has 0 spiro atoms. The van der Waals surface area contributed by atoms with Gasteiger partial charge in [-0.15, -0.1) is 0 Å². The number of alkyl halides is 3. The number of carbonyl (C=O) groups excluding carboxylic acids is 1. The number of para-hydroxylation sites is 1. The summed E-state index contributed by atoms with van der Waals surface area (Å²) in [6, 6.07) is 12.2. The fourth-order valence-corrected chi connectivity index (χ4v) is 3.74. The van der Waals surface area contributed by atoms with Crippen LogP contribution in [0, 0.1) is 5.92 Å². The predicted molar refractivity (Wildman–Crippen MR) is 117 cm³/mol. The fraction of sp³-hybridized carbons (Fsp3) is 0.286. The largest absolute Gasteiger partial charge is 0.389 e. The van der Waals surface area contributed by atoms with Crippen molar-refractivity contribution in [3.05, 3.63) is 65.5 Å². The van der Waals surface area contributed by atoms with Crippen molar-refractivity contribution in [3.63, 3.8) is 0 Å². The number of anilines is 2. The number of nitrogens with one attached hydrogen (secondary N) is 2. The van der Waals surface area contributed by atoms with Crippen LogP contribution < -0.4 is 16.4 Å². The Morgan fingerprint density at radius 1 is 1.29 bits per heavy atom. The van der Waals surface area contributed by atoms with Crippen molar-refractivity contribution in [1.29, 1.82) is 0 Å². The maximum Gasteiger partial charge on any atom is 0.389 e. The Kier molecular flexibility index (Phi) is 6.79. The molecule has 164 valence electrons. The van der Waals surface area contributed by atoms with E-state index in [0.29, 0.717) is 11.5 Å². The lowest BCUT2D eigenvalue weighted by molar-refractivity contribution is -0.147. The number of pyridine rings is 1. The van der Waals surface area contributed by atoms with E-state index in [9.17, 15) is 18.0 Å². The second-order valence-corrected chi connectivity index (χ2v) is 7.66. The number of hydrogen-bond donors (Lipinski definition) is 3. The average Bonchev–Trinajstić information content (AvgIpc) is 2.69. The van der Waals surface area contributed by atoms with E-state index in [0.717, 1.165) is 5.56 Å². The third-order valence-electron chi connectivity index (χ3n) is 4.80. The lowest BCUT2D eigenvalue weighted by Gasteiger charge is -2.35. The van der Waals surface area contributed by atoms with Crippen molar-refractivity contribution in [2.75, 3.05) is 24.6 Å². The number of likely N-dealkylation sites (N-methyl/N-ethyl adjacent to an activating group) is 1. The van der Waals surface area contributed by atoms with Gasteiger partial charge in [0.25, 0.3) is 5.91 Å². The molecule has 0 saturated heterocycles. The summed E-state index contributed by atoms with van der Waals surface area (Å²) in [5, 5.41) is 5.98. The zero-order valence-electron chi connectivity index (χ0n) is 16.7. The molecule has 1 unspecified atom stereocenters. The monoisotopic (exact) mass is 449 g/mol. The van der Waals surface area contributed by atoms with Crippen LogP contribution in [0.2, 0.25) is 0 Å². The minimum Gasteiger partial charge on any atom is -0.384 e. The van der Waals surface area contributed by atoms with Crippen molar-refractivity contribution in [2.24, 2.45) is 5.92 Å². The summed E-state index contributed by atoms with van der Waals surface area (Å²) in [5.74, 6) is -1.13. The summed E-state index contributed by atoms with van der Waals surface area (Å²) >= 11 is 5.44. The van der Waals surface area contributed by atoms with Crippen molar-refractivity contribution in [1.82, 2.24) is 15.2 Å². The van der Waals surface area contributed by atoms with Crippen LogP contribution in [-0.4, -0.2) is 40.5 Å². The number of thiocarbonyl (C=S) groups is 1. The summed E-state index contributed by atoms with van der Waals surface area (Å²) in [6.07, 6.45) is -3.97. The number of nitrogens with two attached hydrogens (primary N) is 1. The number of carbonyl (C=O) groups is 1. The first-order valence-corrected chi connectivity index (χ1v) is 9.92. The maximum absolute atomic E-state index is 13.3. The molecule has 1 aliphatic heterocycles. The fourth-order valence-electron chi connectivity index (χ4n) is 3.43. The van der Waals surface area contributed by atoms with Crippen LogP contribution in [-0.2, 0) is 11.3 Å². The number of amides is 1. The molecule has 0 radical (unpaired) electrons. The van der Waals surface area contributed by atoms with Crippen LogP contribution in [0.25, 0.3) is 0 Å². The summed E-state index contributed by atoms with van der Waals surface area (Å²) in [5.41, 5.74) is 7.25. The maximum atomic E-state index is 13.3. The summed E-state index contributed by atoms with van der Waals surface area (Å²) < 4.78 is 39.9. The average molecular weight is 450 g/mol. The highest BCUT2D eigenvalue weighted by Crippen LogP contribution is 2.33. The molecule has 31 heavy (non-hydrogen) atoms. The molecule has 1 amide bonds. The van der Waals surface area contributed by atoms with Crippen LogP contribution in [0.3, 0.4) is 0 Å². The smallest absolute Gasteiger partial charge is 0.384 e. The number of nitrogens with zero attached hydrogens (tertiary/aromatic N) is 2. The molecule has 2 heterocycles. The second kappa shape index (κ2) is 9.34. The minimum atomic E-state index is -4.40. The predicted octanol–water partition coefficient (Wildman–Crippen LogP) is 3.49. The van der Waals surface area contributed by atoms with Gasteiger partial charge in [-0.05, 0) is 29.8 Å². The number of benzene rings is 1. The van der Waals surface area contributed by atoms with Gasteiger partial charge in [0.05, 0.1) is 12.0 Å². The minimum absolute atomic E-state index is 0.0314. The van der Waals surface area contributed by atoms with E-state index in [1.807, 2.05) is 6.07 Å². The molecule has 0 aliphatic carbocycles. The van der Waals surface area contributed by atoms with Crippen molar-refractivity contribution in [3.8, 4) is 0 Å². The van der Waals surface area contributed by atoms with E-state index in [1.165, 1.54) is 18.1 Å². The topological polar surface area (TPSA) is 83.3 Å². The Hall–Kier alpha value is -3.14. The quantitative estimate of drug-likeness (QED) is 0.586. The van der Waals surface area contributed by atoms with Gasteiger partial charge in [-0.3, -0.25) is 4.79 Å². The van der Waals surface area contributed by atoms with E-state index in [1.54, 1.807) is 36.4 Å². The highest BCUT2D eigenvalue weighted by atomic mass is 32.1. The molecular formula is C21H22F3N5OS.